The van der Waals surface area contributed by atoms with Crippen molar-refractivity contribution in [2.24, 2.45) is 4.99 Å². The predicted molar refractivity (Wildman–Crippen MR) is 79.6 cm³/mol. The van der Waals surface area contributed by atoms with E-state index < -0.39 is 0 Å². The van der Waals surface area contributed by atoms with Crippen LogP contribution in [0.25, 0.3) is 6.08 Å². The minimum Gasteiger partial charge on any atom is -0.496 e. The van der Waals surface area contributed by atoms with E-state index in [-0.39, 0.29) is 5.91 Å². The highest BCUT2D eigenvalue weighted by Gasteiger charge is 2.26. The molecule has 1 aliphatic rings. The van der Waals surface area contributed by atoms with Crippen molar-refractivity contribution >= 4 is 33.7 Å². The van der Waals surface area contributed by atoms with E-state index in [1.165, 1.54) is 0 Å². The third kappa shape index (κ3) is 2.87. The molecular formula is C14H15BrN2O2. The van der Waals surface area contributed by atoms with Gasteiger partial charge in [-0.1, -0.05) is 34.1 Å². The van der Waals surface area contributed by atoms with E-state index in [0.717, 1.165) is 22.5 Å². The molecule has 0 atom stereocenters. The first kappa shape index (κ1) is 13.8. The van der Waals surface area contributed by atoms with Crippen molar-refractivity contribution in [2.45, 2.75) is 6.92 Å². The lowest BCUT2D eigenvalue weighted by Gasteiger charge is -2.13. The number of rotatable bonds is 4. The van der Waals surface area contributed by atoms with Crippen molar-refractivity contribution in [1.82, 2.24) is 4.90 Å². The topological polar surface area (TPSA) is 41.9 Å². The fraction of sp³-hybridized carbons (Fsp3) is 0.286. The van der Waals surface area contributed by atoms with Crippen molar-refractivity contribution in [3.8, 4) is 5.75 Å². The molecule has 19 heavy (non-hydrogen) atoms. The number of benzene rings is 1. The highest BCUT2D eigenvalue weighted by atomic mass is 79.9. The molecule has 0 N–H and O–H groups in total. The second-order valence-corrected chi connectivity index (χ2v) is 4.87. The van der Waals surface area contributed by atoms with Gasteiger partial charge >= 0.3 is 0 Å². The molecule has 0 radical (unpaired) electrons. The number of para-hydroxylation sites is 1. The van der Waals surface area contributed by atoms with Gasteiger partial charge in [0, 0.05) is 17.4 Å². The number of carbonyl (C=O) groups excluding carboxylic acids is 1. The number of hydrogen-bond acceptors (Lipinski definition) is 3. The summed E-state index contributed by atoms with van der Waals surface area (Å²) in [6, 6.07) is 7.56. The number of hydrogen-bond donors (Lipinski definition) is 0. The Morgan fingerprint density at radius 1 is 1.42 bits per heavy atom. The minimum absolute atomic E-state index is 0.0668. The largest absolute Gasteiger partial charge is 0.496 e. The molecule has 0 spiro atoms. The van der Waals surface area contributed by atoms with Crippen molar-refractivity contribution in [1.29, 1.82) is 0 Å². The summed E-state index contributed by atoms with van der Waals surface area (Å²) in [7, 11) is 1.61. The van der Waals surface area contributed by atoms with Crippen LogP contribution in [-0.4, -0.2) is 35.6 Å². The summed E-state index contributed by atoms with van der Waals surface area (Å²) >= 11 is 3.34. The number of aliphatic imine (C=N–C) groups is 1. The van der Waals surface area contributed by atoms with E-state index in [1.807, 2.05) is 31.2 Å². The number of methoxy groups -OCH3 is 1. The van der Waals surface area contributed by atoms with Gasteiger partial charge in [0.2, 0.25) is 0 Å². The molecule has 1 aliphatic heterocycles. The van der Waals surface area contributed by atoms with Gasteiger partial charge in [0.25, 0.3) is 5.91 Å². The van der Waals surface area contributed by atoms with E-state index in [4.69, 9.17) is 4.74 Å². The number of amides is 1. The van der Waals surface area contributed by atoms with Gasteiger partial charge in [-0.15, -0.1) is 0 Å². The Kier molecular flexibility index (Phi) is 4.37. The highest BCUT2D eigenvalue weighted by Crippen LogP contribution is 2.24. The lowest BCUT2D eigenvalue weighted by atomic mass is 10.1. The third-order valence-corrected chi connectivity index (χ3v) is 3.23. The molecule has 0 fully saturated rings. The molecule has 4 nitrogen and oxygen atoms in total. The molecule has 0 bridgehead atoms. The Labute approximate surface area is 120 Å². The second kappa shape index (κ2) is 6.02. The van der Waals surface area contributed by atoms with Crippen LogP contribution in [0.1, 0.15) is 12.5 Å². The molecule has 0 saturated carbocycles. The molecule has 0 unspecified atom stereocenters. The Morgan fingerprint density at radius 2 is 2.16 bits per heavy atom. The molecule has 2 rings (SSSR count). The molecular weight excluding hydrogens is 308 g/mol. The Morgan fingerprint density at radius 3 is 2.84 bits per heavy atom. The van der Waals surface area contributed by atoms with E-state index in [2.05, 4.69) is 20.9 Å². The molecule has 0 aromatic heterocycles. The SMILES string of the molecule is COc1ccccc1/C=C1\N=C(C)N(CCBr)C1=O. The van der Waals surface area contributed by atoms with Gasteiger partial charge in [-0.25, -0.2) is 4.99 Å². The summed E-state index contributed by atoms with van der Waals surface area (Å²) in [6.07, 6.45) is 1.76. The van der Waals surface area contributed by atoms with Gasteiger partial charge in [-0.3, -0.25) is 9.69 Å². The summed E-state index contributed by atoms with van der Waals surface area (Å²) in [5, 5.41) is 0.730. The summed E-state index contributed by atoms with van der Waals surface area (Å²) in [4.78, 5) is 18.2. The quantitative estimate of drug-likeness (QED) is 0.631. The molecule has 100 valence electrons. The lowest BCUT2D eigenvalue weighted by Crippen LogP contribution is -2.32. The van der Waals surface area contributed by atoms with Crippen LogP contribution in [0.15, 0.2) is 35.0 Å². The number of nitrogens with zero attached hydrogens (tertiary/aromatic N) is 2. The van der Waals surface area contributed by atoms with Crippen molar-refractivity contribution in [3.05, 3.63) is 35.5 Å². The Hall–Kier alpha value is -1.62. The van der Waals surface area contributed by atoms with Gasteiger partial charge in [-0.2, -0.15) is 0 Å². The molecule has 0 aliphatic carbocycles. The maximum Gasteiger partial charge on any atom is 0.277 e. The van der Waals surface area contributed by atoms with Crippen LogP contribution >= 0.6 is 15.9 Å². The average Bonchev–Trinajstić information content (AvgIpc) is 2.67. The maximum absolute atomic E-state index is 12.2. The minimum atomic E-state index is -0.0668. The van der Waals surface area contributed by atoms with Crippen LogP contribution in [0, 0.1) is 0 Å². The van der Waals surface area contributed by atoms with Gasteiger partial charge in [-0.05, 0) is 19.1 Å². The van der Waals surface area contributed by atoms with Crippen molar-refractivity contribution in [2.75, 3.05) is 19.0 Å². The third-order valence-electron chi connectivity index (χ3n) is 2.88. The zero-order chi connectivity index (χ0) is 13.8. The van der Waals surface area contributed by atoms with Crippen molar-refractivity contribution < 1.29 is 9.53 Å². The van der Waals surface area contributed by atoms with Crippen LogP contribution in [0.3, 0.4) is 0 Å². The Bertz CT molecular complexity index is 552. The second-order valence-electron chi connectivity index (χ2n) is 4.08. The van der Waals surface area contributed by atoms with E-state index >= 15 is 0 Å². The maximum atomic E-state index is 12.2. The summed E-state index contributed by atoms with van der Waals surface area (Å²) < 4.78 is 5.27. The highest BCUT2D eigenvalue weighted by molar-refractivity contribution is 9.09. The molecule has 1 heterocycles. The first-order valence-electron chi connectivity index (χ1n) is 5.95. The Balaban J connectivity index is 2.33. The molecule has 0 saturated heterocycles. The molecule has 1 aromatic carbocycles. The number of amidine groups is 1. The van der Waals surface area contributed by atoms with Crippen LogP contribution in [0.5, 0.6) is 5.75 Å². The molecule has 1 aromatic rings. The van der Waals surface area contributed by atoms with Gasteiger partial charge in [0.1, 0.15) is 17.3 Å². The van der Waals surface area contributed by atoms with Crippen LogP contribution < -0.4 is 4.74 Å². The summed E-state index contributed by atoms with van der Waals surface area (Å²) in [6.45, 7) is 2.46. The van der Waals surface area contributed by atoms with Crippen LogP contribution in [0.4, 0.5) is 0 Å². The number of carbonyl (C=O) groups is 1. The summed E-state index contributed by atoms with van der Waals surface area (Å²) in [5.74, 6) is 1.39. The fourth-order valence-electron chi connectivity index (χ4n) is 1.94. The zero-order valence-corrected chi connectivity index (χ0v) is 12.5. The lowest BCUT2D eigenvalue weighted by molar-refractivity contribution is -0.122. The number of halogens is 1. The van der Waals surface area contributed by atoms with E-state index in [0.29, 0.717) is 12.2 Å². The standard InChI is InChI=1S/C14H15BrN2O2/c1-10-16-12(14(18)17(10)8-7-15)9-11-5-3-4-6-13(11)19-2/h3-6,9H,7-8H2,1-2H3/b12-9-. The van der Waals surface area contributed by atoms with Gasteiger partial charge in [0.05, 0.1) is 7.11 Å². The molecule has 5 heteroatoms. The zero-order valence-electron chi connectivity index (χ0n) is 10.9. The summed E-state index contributed by atoms with van der Waals surface area (Å²) in [5.41, 5.74) is 1.30. The fourth-order valence-corrected chi connectivity index (χ4v) is 2.30. The van der Waals surface area contributed by atoms with Crippen molar-refractivity contribution in [3.63, 3.8) is 0 Å². The number of ether oxygens (including phenoxy) is 1. The predicted octanol–water partition coefficient (Wildman–Crippen LogP) is 2.69. The van der Waals surface area contributed by atoms with Crippen LogP contribution in [-0.2, 0) is 4.79 Å². The smallest absolute Gasteiger partial charge is 0.277 e. The average molecular weight is 323 g/mol. The molecule has 1 amide bonds. The van der Waals surface area contributed by atoms with Gasteiger partial charge < -0.3 is 4.74 Å². The normalized spacial score (nSPS) is 17.0. The first-order chi connectivity index (χ1) is 9.17. The first-order valence-corrected chi connectivity index (χ1v) is 7.07. The monoisotopic (exact) mass is 322 g/mol. The number of alkyl halides is 1. The van der Waals surface area contributed by atoms with Crippen LogP contribution in [0.2, 0.25) is 0 Å². The van der Waals surface area contributed by atoms with Gasteiger partial charge in [0.15, 0.2) is 0 Å². The van der Waals surface area contributed by atoms with E-state index in [9.17, 15) is 4.79 Å². The van der Waals surface area contributed by atoms with E-state index in [1.54, 1.807) is 18.1 Å².